The normalized spacial score (nSPS) is 12.7. The van der Waals surface area contributed by atoms with Crippen LogP contribution in [0.1, 0.15) is 0 Å². The van der Waals surface area contributed by atoms with Gasteiger partial charge in [-0.25, -0.2) is 0 Å². The number of azo groups is 2. The van der Waals surface area contributed by atoms with Crippen LogP contribution in [-0.4, -0.2) is 31.0 Å². The number of phenolic OH excluding ortho intramolecular Hbond substituents is 1. The molecule has 0 aliphatic rings. The van der Waals surface area contributed by atoms with Crippen molar-refractivity contribution in [3.63, 3.8) is 0 Å². The molecule has 0 fully saturated rings. The number of nitrogens with zero attached hydrogens (tertiary/aromatic N) is 4. The average molecular weight is 563 g/mol. The van der Waals surface area contributed by atoms with Crippen molar-refractivity contribution in [1.82, 2.24) is 0 Å². The van der Waals surface area contributed by atoms with Crippen LogP contribution in [-0.2, 0) is 20.2 Å². The second-order valence-corrected chi connectivity index (χ2v) is 11.1. The Morgan fingerprint density at radius 2 is 1.13 bits per heavy atom. The first-order valence-electron chi connectivity index (χ1n) is 11.2. The molecular formula is C26H18N4O7S2. The number of benzene rings is 5. The molecular weight excluding hydrogens is 544 g/mol. The van der Waals surface area contributed by atoms with Gasteiger partial charge in [0.25, 0.3) is 20.2 Å². The highest BCUT2D eigenvalue weighted by atomic mass is 32.2. The Morgan fingerprint density at radius 1 is 0.538 bits per heavy atom. The molecule has 0 aromatic heterocycles. The van der Waals surface area contributed by atoms with Gasteiger partial charge in [-0.05, 0) is 47.9 Å². The Kier molecular flexibility index (Phi) is 6.66. The molecule has 0 bridgehead atoms. The lowest BCUT2D eigenvalue weighted by atomic mass is 10.1. The van der Waals surface area contributed by atoms with Crippen molar-refractivity contribution in [1.29, 1.82) is 0 Å². The fourth-order valence-electron chi connectivity index (χ4n) is 3.96. The van der Waals surface area contributed by atoms with Crippen molar-refractivity contribution in [2.24, 2.45) is 20.5 Å². The maximum atomic E-state index is 11.7. The SMILES string of the molecule is O=S(=O)(O)c1ccc2c(N=Nc3ccc(N=Nc4ccccc4S(=O)(=O)O)c4ccccc34)c(O)ccc2c1. The van der Waals surface area contributed by atoms with Gasteiger partial charge in [0.05, 0.1) is 16.3 Å². The third-order valence-electron chi connectivity index (χ3n) is 5.78. The molecule has 0 aliphatic heterocycles. The molecule has 5 aromatic rings. The highest BCUT2D eigenvalue weighted by Crippen LogP contribution is 2.39. The summed E-state index contributed by atoms with van der Waals surface area (Å²) < 4.78 is 65.1. The van der Waals surface area contributed by atoms with Gasteiger partial charge in [0.1, 0.15) is 22.0 Å². The molecule has 5 rings (SSSR count). The zero-order chi connectivity index (χ0) is 27.8. The maximum Gasteiger partial charge on any atom is 0.296 e. The Balaban J connectivity index is 1.56. The quantitative estimate of drug-likeness (QED) is 0.147. The predicted octanol–water partition coefficient (Wildman–Crippen LogP) is 7.02. The monoisotopic (exact) mass is 562 g/mol. The predicted molar refractivity (Wildman–Crippen MR) is 144 cm³/mol. The van der Waals surface area contributed by atoms with Gasteiger partial charge in [0.2, 0.25) is 0 Å². The molecule has 5 aromatic carbocycles. The van der Waals surface area contributed by atoms with Crippen molar-refractivity contribution in [2.75, 3.05) is 0 Å². The van der Waals surface area contributed by atoms with E-state index in [1.54, 1.807) is 42.5 Å². The van der Waals surface area contributed by atoms with Crippen LogP contribution in [0.15, 0.2) is 121 Å². The molecule has 0 unspecified atom stereocenters. The average Bonchev–Trinajstić information content (AvgIpc) is 2.90. The Labute approximate surface area is 222 Å². The minimum Gasteiger partial charge on any atom is -0.506 e. The first-order chi connectivity index (χ1) is 18.5. The lowest BCUT2D eigenvalue weighted by Gasteiger charge is -2.07. The smallest absolute Gasteiger partial charge is 0.296 e. The Hall–Kier alpha value is -4.56. The minimum atomic E-state index is -4.49. The molecule has 0 amide bonds. The van der Waals surface area contributed by atoms with E-state index < -0.39 is 20.2 Å². The van der Waals surface area contributed by atoms with Crippen LogP contribution in [0.5, 0.6) is 5.75 Å². The van der Waals surface area contributed by atoms with E-state index in [-0.39, 0.29) is 26.9 Å². The molecule has 0 radical (unpaired) electrons. The molecule has 196 valence electrons. The lowest BCUT2D eigenvalue weighted by molar-refractivity contribution is 0.477. The van der Waals surface area contributed by atoms with Crippen LogP contribution in [0.25, 0.3) is 21.5 Å². The summed E-state index contributed by atoms with van der Waals surface area (Å²) in [6.07, 6.45) is 0. The van der Waals surface area contributed by atoms with Gasteiger partial charge in [0, 0.05) is 16.2 Å². The van der Waals surface area contributed by atoms with Crippen LogP contribution >= 0.6 is 0 Å². The zero-order valence-electron chi connectivity index (χ0n) is 19.7. The summed E-state index contributed by atoms with van der Waals surface area (Å²) in [4.78, 5) is -0.666. The van der Waals surface area contributed by atoms with Gasteiger partial charge in [-0.2, -0.15) is 16.8 Å². The van der Waals surface area contributed by atoms with Crippen LogP contribution in [0.3, 0.4) is 0 Å². The van der Waals surface area contributed by atoms with E-state index >= 15 is 0 Å². The summed E-state index contributed by atoms with van der Waals surface area (Å²) >= 11 is 0. The maximum absolute atomic E-state index is 11.7. The third kappa shape index (κ3) is 5.37. The lowest BCUT2D eigenvalue weighted by Crippen LogP contribution is -1.97. The highest BCUT2D eigenvalue weighted by molar-refractivity contribution is 7.86. The number of aromatic hydroxyl groups is 1. The van der Waals surface area contributed by atoms with E-state index in [1.165, 1.54) is 48.5 Å². The van der Waals surface area contributed by atoms with Crippen molar-refractivity contribution >= 4 is 64.5 Å². The third-order valence-corrected chi connectivity index (χ3v) is 7.53. The van der Waals surface area contributed by atoms with Crippen LogP contribution in [0, 0.1) is 0 Å². The van der Waals surface area contributed by atoms with Gasteiger partial charge in [-0.3, -0.25) is 9.11 Å². The molecule has 0 aliphatic carbocycles. The Bertz CT molecular complexity index is 2040. The molecule has 0 saturated carbocycles. The van der Waals surface area contributed by atoms with Crippen molar-refractivity contribution in [2.45, 2.75) is 9.79 Å². The van der Waals surface area contributed by atoms with Gasteiger partial charge in [-0.1, -0.05) is 48.5 Å². The van der Waals surface area contributed by atoms with Crippen molar-refractivity contribution in [3.05, 3.63) is 91.0 Å². The van der Waals surface area contributed by atoms with Crippen molar-refractivity contribution in [3.8, 4) is 5.75 Å². The fourth-order valence-corrected chi connectivity index (χ4v) is 5.10. The number of phenols is 1. The van der Waals surface area contributed by atoms with Crippen LogP contribution < -0.4 is 0 Å². The largest absolute Gasteiger partial charge is 0.506 e. The zero-order valence-corrected chi connectivity index (χ0v) is 21.4. The Morgan fingerprint density at radius 3 is 1.77 bits per heavy atom. The van der Waals surface area contributed by atoms with E-state index in [0.717, 1.165) is 0 Å². The second kappa shape index (κ2) is 9.96. The molecule has 13 heteroatoms. The minimum absolute atomic E-state index is 0.0311. The molecule has 0 atom stereocenters. The summed E-state index contributed by atoms with van der Waals surface area (Å²) in [5.41, 5.74) is 0.898. The first-order valence-corrected chi connectivity index (χ1v) is 14.1. The van der Waals surface area contributed by atoms with E-state index in [4.69, 9.17) is 0 Å². The number of fused-ring (bicyclic) bond motifs is 2. The van der Waals surface area contributed by atoms with E-state index in [9.17, 15) is 31.0 Å². The molecule has 39 heavy (non-hydrogen) atoms. The van der Waals surface area contributed by atoms with Crippen LogP contribution in [0.4, 0.5) is 22.7 Å². The number of hydrogen-bond donors (Lipinski definition) is 3. The summed E-state index contributed by atoms with van der Waals surface area (Å²) in [6.45, 7) is 0. The van der Waals surface area contributed by atoms with Gasteiger partial charge in [0.15, 0.2) is 0 Å². The summed E-state index contributed by atoms with van der Waals surface area (Å²) in [5, 5.41) is 29.3. The van der Waals surface area contributed by atoms with E-state index in [1.807, 2.05) is 0 Å². The number of hydrogen-bond acceptors (Lipinski definition) is 9. The summed E-state index contributed by atoms with van der Waals surface area (Å²) in [6, 6.07) is 22.7. The molecule has 0 spiro atoms. The highest BCUT2D eigenvalue weighted by Gasteiger charge is 2.15. The molecule has 0 heterocycles. The topological polar surface area (TPSA) is 178 Å². The molecule has 0 saturated heterocycles. The van der Waals surface area contributed by atoms with Crippen LogP contribution in [0.2, 0.25) is 0 Å². The fraction of sp³-hybridized carbons (Fsp3) is 0. The first kappa shape index (κ1) is 26.1. The number of rotatable bonds is 6. The van der Waals surface area contributed by atoms with E-state index in [2.05, 4.69) is 20.5 Å². The van der Waals surface area contributed by atoms with Gasteiger partial charge >= 0.3 is 0 Å². The van der Waals surface area contributed by atoms with Gasteiger partial charge < -0.3 is 5.11 Å². The summed E-state index contributed by atoms with van der Waals surface area (Å²) in [7, 11) is -8.90. The molecule has 3 N–H and O–H groups in total. The molecule has 11 nitrogen and oxygen atoms in total. The van der Waals surface area contributed by atoms with Gasteiger partial charge in [-0.15, -0.1) is 20.5 Å². The standard InChI is InChI=1S/C26H18N4O7S2/c31-24-14-9-16-15-17(38(32,33)34)10-11-18(16)26(24)30-28-22-13-12-21(19-5-1-2-6-20(19)22)27-29-23-7-3-4-8-25(23)39(35,36)37/h1-15,31H,(H,32,33,34)(H,35,36,37). The summed E-state index contributed by atoms with van der Waals surface area (Å²) in [5.74, 6) is -0.182. The second-order valence-electron chi connectivity index (χ2n) is 8.28. The van der Waals surface area contributed by atoms with E-state index in [0.29, 0.717) is 32.9 Å². The van der Waals surface area contributed by atoms with Crippen molar-refractivity contribution < 1.29 is 31.0 Å².